The molecule has 0 atom stereocenters. The fourth-order valence-corrected chi connectivity index (χ4v) is 4.60. The van der Waals surface area contributed by atoms with Crippen molar-refractivity contribution in [1.29, 1.82) is 0 Å². The summed E-state index contributed by atoms with van der Waals surface area (Å²) in [6.07, 6.45) is 3.41. The van der Waals surface area contributed by atoms with Crippen LogP contribution in [-0.2, 0) is 0 Å². The molecule has 9 heteroatoms. The van der Waals surface area contributed by atoms with Gasteiger partial charge in [0.2, 0.25) is 0 Å². The SMILES string of the molecule is COc1cncc(-c2ccc3[nH]nc(-c4cc5c(-c6cc(F)cc(OCCN(C)C)c6)cccc5[nH]4)c3n2)c1. The summed E-state index contributed by atoms with van der Waals surface area (Å²) in [6.45, 7) is 1.21. The Morgan fingerprint density at radius 1 is 0.923 bits per heavy atom. The van der Waals surface area contributed by atoms with E-state index in [1.165, 1.54) is 12.1 Å². The summed E-state index contributed by atoms with van der Waals surface area (Å²) < 4.78 is 25.7. The zero-order valence-corrected chi connectivity index (χ0v) is 21.8. The maximum absolute atomic E-state index is 14.6. The lowest BCUT2D eigenvalue weighted by atomic mass is 10.0. The maximum Gasteiger partial charge on any atom is 0.137 e. The zero-order chi connectivity index (χ0) is 26.9. The molecule has 2 N–H and O–H groups in total. The van der Waals surface area contributed by atoms with Crippen molar-refractivity contribution in [3.05, 3.63) is 78.9 Å². The molecular weight excluding hydrogens is 495 g/mol. The molecular formula is C30H27FN6O2. The number of hydrogen-bond donors (Lipinski definition) is 2. The van der Waals surface area contributed by atoms with Gasteiger partial charge in [-0.05, 0) is 67.7 Å². The minimum absolute atomic E-state index is 0.345. The first-order chi connectivity index (χ1) is 19.0. The van der Waals surface area contributed by atoms with Crippen molar-refractivity contribution in [3.8, 4) is 45.3 Å². The number of halogens is 1. The number of hydrogen-bond acceptors (Lipinski definition) is 6. The summed E-state index contributed by atoms with van der Waals surface area (Å²) in [5.74, 6) is 0.817. The molecule has 4 heterocycles. The van der Waals surface area contributed by atoms with E-state index in [0.29, 0.717) is 23.8 Å². The molecule has 4 aromatic heterocycles. The fraction of sp³-hybridized carbons (Fsp3) is 0.167. The third-order valence-corrected chi connectivity index (χ3v) is 6.56. The molecule has 0 bridgehead atoms. The molecule has 0 amide bonds. The predicted molar refractivity (Wildman–Crippen MR) is 150 cm³/mol. The maximum atomic E-state index is 14.6. The molecule has 0 spiro atoms. The average Bonchev–Trinajstić information content (AvgIpc) is 3.56. The van der Waals surface area contributed by atoms with E-state index in [0.717, 1.165) is 56.6 Å². The lowest BCUT2D eigenvalue weighted by Gasteiger charge is -2.12. The van der Waals surface area contributed by atoms with Gasteiger partial charge in [-0.15, -0.1) is 0 Å². The smallest absolute Gasteiger partial charge is 0.137 e. The number of aromatic nitrogens is 5. The van der Waals surface area contributed by atoms with Gasteiger partial charge in [0, 0.05) is 35.3 Å². The van der Waals surface area contributed by atoms with E-state index in [1.807, 2.05) is 67.5 Å². The third-order valence-electron chi connectivity index (χ3n) is 6.56. The van der Waals surface area contributed by atoms with E-state index in [9.17, 15) is 4.39 Å². The van der Waals surface area contributed by atoms with Crippen LogP contribution in [0.15, 0.2) is 73.1 Å². The molecule has 2 aromatic carbocycles. The highest BCUT2D eigenvalue weighted by Crippen LogP contribution is 2.35. The monoisotopic (exact) mass is 522 g/mol. The van der Waals surface area contributed by atoms with Gasteiger partial charge in [-0.3, -0.25) is 10.1 Å². The molecule has 0 aliphatic carbocycles. The van der Waals surface area contributed by atoms with Gasteiger partial charge < -0.3 is 19.4 Å². The Morgan fingerprint density at radius 2 is 1.79 bits per heavy atom. The van der Waals surface area contributed by atoms with E-state index < -0.39 is 0 Å². The quantitative estimate of drug-likeness (QED) is 0.258. The van der Waals surface area contributed by atoms with Gasteiger partial charge in [0.05, 0.1) is 30.2 Å². The van der Waals surface area contributed by atoms with Crippen molar-refractivity contribution in [2.75, 3.05) is 34.4 Å². The van der Waals surface area contributed by atoms with E-state index >= 15 is 0 Å². The number of nitrogens with one attached hydrogen (secondary N) is 2. The number of rotatable bonds is 8. The van der Waals surface area contributed by atoms with Gasteiger partial charge in [-0.2, -0.15) is 5.10 Å². The van der Waals surface area contributed by atoms with Crippen LogP contribution in [0, 0.1) is 5.82 Å². The Morgan fingerprint density at radius 3 is 2.64 bits per heavy atom. The lowest BCUT2D eigenvalue weighted by molar-refractivity contribution is 0.260. The number of benzene rings is 2. The second-order valence-corrected chi connectivity index (χ2v) is 9.56. The highest BCUT2D eigenvalue weighted by Gasteiger charge is 2.16. The zero-order valence-electron chi connectivity index (χ0n) is 21.8. The minimum atomic E-state index is -0.345. The Balaban J connectivity index is 1.40. The first kappa shape index (κ1) is 24.6. The number of ether oxygens (including phenoxy) is 2. The standard InChI is InChI=1S/C30H27FN6O2/c1-37(2)9-10-39-21-12-18(11-20(31)14-21)23-5-4-6-26-24(23)15-28(33-26)30-29-27(35-36-30)8-7-25(34-29)19-13-22(38-3)17-32-16-19/h4-8,11-17,33H,9-10H2,1-3H3,(H,35,36). The number of fused-ring (bicyclic) bond motifs is 2. The Hall–Kier alpha value is -4.76. The second kappa shape index (κ2) is 10.2. The number of methoxy groups -OCH3 is 1. The molecule has 6 aromatic rings. The van der Waals surface area contributed by atoms with E-state index in [1.54, 1.807) is 19.5 Å². The molecule has 0 fully saturated rings. The normalized spacial score (nSPS) is 11.5. The van der Waals surface area contributed by atoms with Crippen LogP contribution in [0.25, 0.3) is 55.7 Å². The summed E-state index contributed by atoms with van der Waals surface area (Å²) in [6, 6.07) is 18.5. The molecule has 0 aliphatic heterocycles. The van der Waals surface area contributed by atoms with Crippen molar-refractivity contribution in [3.63, 3.8) is 0 Å². The van der Waals surface area contributed by atoms with E-state index in [2.05, 4.69) is 20.2 Å². The van der Waals surface area contributed by atoms with E-state index in [-0.39, 0.29) is 5.82 Å². The highest BCUT2D eigenvalue weighted by molar-refractivity contribution is 6.00. The largest absolute Gasteiger partial charge is 0.495 e. The third kappa shape index (κ3) is 4.92. The van der Waals surface area contributed by atoms with Crippen molar-refractivity contribution < 1.29 is 13.9 Å². The molecule has 196 valence electrons. The average molecular weight is 523 g/mol. The first-order valence-electron chi connectivity index (χ1n) is 12.5. The number of H-pyrrole nitrogens is 2. The van der Waals surface area contributed by atoms with Gasteiger partial charge in [0.25, 0.3) is 0 Å². The van der Waals surface area contributed by atoms with Crippen LogP contribution in [-0.4, -0.2) is 64.4 Å². The molecule has 0 unspecified atom stereocenters. The van der Waals surface area contributed by atoms with Gasteiger partial charge in [0.1, 0.15) is 35.1 Å². The van der Waals surface area contributed by atoms with Crippen molar-refractivity contribution >= 4 is 21.9 Å². The number of nitrogens with zero attached hydrogens (tertiary/aromatic N) is 4. The summed E-state index contributed by atoms with van der Waals surface area (Å²) in [7, 11) is 5.55. The Bertz CT molecular complexity index is 1790. The first-order valence-corrected chi connectivity index (χ1v) is 12.5. The summed E-state index contributed by atoms with van der Waals surface area (Å²) in [5, 5.41) is 8.59. The molecule has 8 nitrogen and oxygen atoms in total. The topological polar surface area (TPSA) is 92.0 Å². The van der Waals surface area contributed by atoms with Crippen molar-refractivity contribution in [2.24, 2.45) is 0 Å². The van der Waals surface area contributed by atoms with Crippen LogP contribution >= 0.6 is 0 Å². The molecule has 0 aliphatic rings. The number of likely N-dealkylation sites (N-methyl/N-ethyl adjacent to an activating group) is 1. The second-order valence-electron chi connectivity index (χ2n) is 9.56. The fourth-order valence-electron chi connectivity index (χ4n) is 4.60. The minimum Gasteiger partial charge on any atom is -0.495 e. The summed E-state index contributed by atoms with van der Waals surface area (Å²) in [4.78, 5) is 14.6. The van der Waals surface area contributed by atoms with Crippen molar-refractivity contribution in [1.82, 2.24) is 30.0 Å². The molecule has 39 heavy (non-hydrogen) atoms. The van der Waals surface area contributed by atoms with Gasteiger partial charge in [-0.25, -0.2) is 9.37 Å². The lowest BCUT2D eigenvalue weighted by Crippen LogP contribution is -2.19. The van der Waals surface area contributed by atoms with Crippen LogP contribution in [0.3, 0.4) is 0 Å². The van der Waals surface area contributed by atoms with Crippen LogP contribution in [0.1, 0.15) is 0 Å². The molecule has 0 saturated heterocycles. The Labute approximate surface area is 224 Å². The van der Waals surface area contributed by atoms with Crippen LogP contribution in [0.2, 0.25) is 0 Å². The highest BCUT2D eigenvalue weighted by atomic mass is 19.1. The van der Waals surface area contributed by atoms with Gasteiger partial charge in [-0.1, -0.05) is 12.1 Å². The van der Waals surface area contributed by atoms with Crippen LogP contribution in [0.5, 0.6) is 11.5 Å². The molecule has 0 saturated carbocycles. The van der Waals surface area contributed by atoms with Crippen LogP contribution in [0.4, 0.5) is 4.39 Å². The van der Waals surface area contributed by atoms with E-state index in [4.69, 9.17) is 14.5 Å². The molecule has 0 radical (unpaired) electrons. The summed E-state index contributed by atoms with van der Waals surface area (Å²) in [5.41, 5.74) is 7.18. The van der Waals surface area contributed by atoms with Crippen molar-refractivity contribution in [2.45, 2.75) is 0 Å². The van der Waals surface area contributed by atoms with Gasteiger partial charge >= 0.3 is 0 Å². The Kier molecular flexibility index (Phi) is 6.42. The summed E-state index contributed by atoms with van der Waals surface area (Å²) >= 11 is 0. The molecule has 6 rings (SSSR count). The predicted octanol–water partition coefficient (Wildman–Crippen LogP) is 5.92. The number of aromatic amines is 2. The number of pyridine rings is 2. The van der Waals surface area contributed by atoms with Crippen LogP contribution < -0.4 is 9.47 Å². The van der Waals surface area contributed by atoms with Gasteiger partial charge in [0.15, 0.2) is 0 Å².